The van der Waals surface area contributed by atoms with Crippen molar-refractivity contribution in [2.24, 2.45) is 5.73 Å². The molecule has 2 rings (SSSR count). The molecule has 19 heavy (non-hydrogen) atoms. The standard InChI is InChI=1S/C14H17Cl2N3/c1-8(2)19-14(12(16)7-18-19)13(17)10-5-4-6-11(15)9(10)3/h4-8,13H,17H2,1-3H3. The minimum Gasteiger partial charge on any atom is -0.319 e. The second kappa shape index (κ2) is 5.53. The van der Waals surface area contributed by atoms with E-state index in [1.807, 2.05) is 43.7 Å². The van der Waals surface area contributed by atoms with Gasteiger partial charge in [-0.05, 0) is 38.0 Å². The Hall–Kier alpha value is -1.03. The highest BCUT2D eigenvalue weighted by atomic mass is 35.5. The SMILES string of the molecule is Cc1c(Cl)cccc1C(N)c1c(Cl)cnn1C(C)C. The predicted octanol–water partition coefficient (Wildman–Crippen LogP) is 4.13. The number of rotatable bonds is 3. The fraction of sp³-hybridized carbons (Fsp3) is 0.357. The molecule has 0 amide bonds. The topological polar surface area (TPSA) is 43.8 Å². The predicted molar refractivity (Wildman–Crippen MR) is 79.8 cm³/mol. The summed E-state index contributed by atoms with van der Waals surface area (Å²) in [4.78, 5) is 0. The minimum atomic E-state index is -0.337. The van der Waals surface area contributed by atoms with Crippen molar-refractivity contribution in [2.45, 2.75) is 32.9 Å². The number of halogens is 2. The van der Waals surface area contributed by atoms with Crippen LogP contribution in [0.4, 0.5) is 0 Å². The van der Waals surface area contributed by atoms with E-state index in [-0.39, 0.29) is 12.1 Å². The highest BCUT2D eigenvalue weighted by Gasteiger charge is 2.21. The van der Waals surface area contributed by atoms with Crippen molar-refractivity contribution in [1.29, 1.82) is 0 Å². The van der Waals surface area contributed by atoms with Gasteiger partial charge in [0.15, 0.2) is 0 Å². The molecule has 2 aromatic rings. The van der Waals surface area contributed by atoms with Gasteiger partial charge in [0.25, 0.3) is 0 Å². The lowest BCUT2D eigenvalue weighted by atomic mass is 9.99. The van der Waals surface area contributed by atoms with Gasteiger partial charge in [-0.1, -0.05) is 35.3 Å². The number of hydrogen-bond acceptors (Lipinski definition) is 2. The molecule has 0 saturated carbocycles. The fourth-order valence-electron chi connectivity index (χ4n) is 2.16. The van der Waals surface area contributed by atoms with Gasteiger partial charge in [-0.15, -0.1) is 0 Å². The van der Waals surface area contributed by atoms with Crippen LogP contribution in [-0.4, -0.2) is 9.78 Å². The maximum atomic E-state index is 6.37. The maximum absolute atomic E-state index is 6.37. The lowest BCUT2D eigenvalue weighted by Gasteiger charge is -2.19. The summed E-state index contributed by atoms with van der Waals surface area (Å²) in [6.45, 7) is 6.05. The van der Waals surface area contributed by atoms with Crippen LogP contribution < -0.4 is 5.73 Å². The van der Waals surface area contributed by atoms with Crippen LogP contribution in [0.2, 0.25) is 10.0 Å². The normalized spacial score (nSPS) is 13.0. The molecule has 0 aliphatic rings. The molecule has 0 spiro atoms. The molecule has 3 nitrogen and oxygen atoms in total. The van der Waals surface area contributed by atoms with E-state index in [1.165, 1.54) is 0 Å². The quantitative estimate of drug-likeness (QED) is 0.926. The first-order chi connectivity index (χ1) is 8.93. The molecule has 0 aliphatic carbocycles. The molecular weight excluding hydrogens is 281 g/mol. The lowest BCUT2D eigenvalue weighted by Crippen LogP contribution is -2.20. The van der Waals surface area contributed by atoms with Gasteiger partial charge >= 0.3 is 0 Å². The number of hydrogen-bond donors (Lipinski definition) is 1. The Bertz CT molecular complexity index is 590. The van der Waals surface area contributed by atoms with Crippen LogP contribution in [0.5, 0.6) is 0 Å². The molecule has 1 atom stereocenters. The summed E-state index contributed by atoms with van der Waals surface area (Å²) < 4.78 is 1.85. The summed E-state index contributed by atoms with van der Waals surface area (Å²) >= 11 is 12.4. The van der Waals surface area contributed by atoms with Gasteiger partial charge in [0.2, 0.25) is 0 Å². The Balaban J connectivity index is 2.53. The van der Waals surface area contributed by atoms with E-state index in [0.717, 1.165) is 16.8 Å². The smallest absolute Gasteiger partial charge is 0.0837 e. The van der Waals surface area contributed by atoms with Gasteiger partial charge in [-0.3, -0.25) is 4.68 Å². The van der Waals surface area contributed by atoms with Gasteiger partial charge in [-0.2, -0.15) is 5.10 Å². The number of nitrogens with zero attached hydrogens (tertiary/aromatic N) is 2. The zero-order chi connectivity index (χ0) is 14.2. The van der Waals surface area contributed by atoms with Gasteiger partial charge in [0, 0.05) is 11.1 Å². The largest absolute Gasteiger partial charge is 0.319 e. The maximum Gasteiger partial charge on any atom is 0.0837 e. The zero-order valence-electron chi connectivity index (χ0n) is 11.2. The number of benzene rings is 1. The third kappa shape index (κ3) is 2.64. The van der Waals surface area contributed by atoms with Crippen molar-refractivity contribution in [2.75, 3.05) is 0 Å². The summed E-state index contributed by atoms with van der Waals surface area (Å²) in [7, 11) is 0. The van der Waals surface area contributed by atoms with Crippen LogP contribution in [0.15, 0.2) is 24.4 Å². The average molecular weight is 298 g/mol. The zero-order valence-corrected chi connectivity index (χ0v) is 12.7. The Morgan fingerprint density at radius 1 is 1.21 bits per heavy atom. The first-order valence-electron chi connectivity index (χ1n) is 6.17. The molecule has 102 valence electrons. The highest BCUT2D eigenvalue weighted by molar-refractivity contribution is 6.31. The Labute approximate surface area is 123 Å². The molecule has 1 aromatic heterocycles. The van der Waals surface area contributed by atoms with Crippen LogP contribution in [0.3, 0.4) is 0 Å². The molecule has 0 fully saturated rings. The number of nitrogens with two attached hydrogens (primary N) is 1. The highest BCUT2D eigenvalue weighted by Crippen LogP contribution is 2.32. The van der Waals surface area contributed by atoms with Crippen molar-refractivity contribution in [1.82, 2.24) is 9.78 Å². The molecule has 1 heterocycles. The Kier molecular flexibility index (Phi) is 4.19. The van der Waals surface area contributed by atoms with Crippen molar-refractivity contribution in [3.05, 3.63) is 51.3 Å². The first kappa shape index (κ1) is 14.4. The molecule has 0 saturated heterocycles. The Morgan fingerprint density at radius 3 is 2.53 bits per heavy atom. The van der Waals surface area contributed by atoms with E-state index in [0.29, 0.717) is 10.0 Å². The number of aromatic nitrogens is 2. The summed E-state index contributed by atoms with van der Waals surface area (Å²) in [6.07, 6.45) is 1.64. The lowest BCUT2D eigenvalue weighted by molar-refractivity contribution is 0.499. The third-order valence-corrected chi connectivity index (χ3v) is 3.92. The van der Waals surface area contributed by atoms with Crippen molar-refractivity contribution < 1.29 is 0 Å². The van der Waals surface area contributed by atoms with E-state index >= 15 is 0 Å². The molecule has 2 N–H and O–H groups in total. The summed E-state index contributed by atoms with van der Waals surface area (Å²) in [5.74, 6) is 0. The summed E-state index contributed by atoms with van der Waals surface area (Å²) in [5.41, 5.74) is 9.13. The van der Waals surface area contributed by atoms with Gasteiger partial charge in [-0.25, -0.2) is 0 Å². The summed E-state index contributed by atoms with van der Waals surface area (Å²) in [6, 6.07) is 5.59. The molecule has 0 radical (unpaired) electrons. The molecule has 5 heteroatoms. The van der Waals surface area contributed by atoms with E-state index < -0.39 is 0 Å². The van der Waals surface area contributed by atoms with Gasteiger partial charge in [0.1, 0.15) is 0 Å². The Morgan fingerprint density at radius 2 is 1.89 bits per heavy atom. The molecular formula is C14H17Cl2N3. The fourth-order valence-corrected chi connectivity index (χ4v) is 2.59. The third-order valence-electron chi connectivity index (χ3n) is 3.22. The average Bonchev–Trinajstić information content (AvgIpc) is 2.74. The second-order valence-electron chi connectivity index (χ2n) is 4.85. The van der Waals surface area contributed by atoms with E-state index in [4.69, 9.17) is 28.9 Å². The van der Waals surface area contributed by atoms with E-state index in [1.54, 1.807) is 6.20 Å². The van der Waals surface area contributed by atoms with Crippen LogP contribution in [0.1, 0.15) is 42.8 Å². The van der Waals surface area contributed by atoms with E-state index in [9.17, 15) is 0 Å². The van der Waals surface area contributed by atoms with Gasteiger partial charge < -0.3 is 5.73 Å². The minimum absolute atomic E-state index is 0.202. The molecule has 0 bridgehead atoms. The molecule has 0 aliphatic heterocycles. The van der Waals surface area contributed by atoms with Crippen molar-refractivity contribution in [3.8, 4) is 0 Å². The van der Waals surface area contributed by atoms with Crippen LogP contribution in [-0.2, 0) is 0 Å². The van der Waals surface area contributed by atoms with Crippen LogP contribution in [0, 0.1) is 6.92 Å². The summed E-state index contributed by atoms with van der Waals surface area (Å²) in [5, 5.41) is 5.58. The van der Waals surface area contributed by atoms with E-state index in [2.05, 4.69) is 5.10 Å². The monoisotopic (exact) mass is 297 g/mol. The first-order valence-corrected chi connectivity index (χ1v) is 6.92. The van der Waals surface area contributed by atoms with Crippen molar-refractivity contribution >= 4 is 23.2 Å². The van der Waals surface area contributed by atoms with Gasteiger partial charge in [0.05, 0.1) is 23.0 Å². The van der Waals surface area contributed by atoms with Crippen LogP contribution >= 0.6 is 23.2 Å². The van der Waals surface area contributed by atoms with Crippen molar-refractivity contribution in [3.63, 3.8) is 0 Å². The second-order valence-corrected chi connectivity index (χ2v) is 5.66. The van der Waals surface area contributed by atoms with Crippen LogP contribution in [0.25, 0.3) is 0 Å². The molecule has 1 unspecified atom stereocenters. The molecule has 1 aromatic carbocycles.